The van der Waals surface area contributed by atoms with Crippen LogP contribution in [-0.4, -0.2) is 11.8 Å². The lowest BCUT2D eigenvalue weighted by atomic mass is 9.86. The monoisotopic (exact) mass is 289 g/mol. The summed E-state index contributed by atoms with van der Waals surface area (Å²) in [4.78, 5) is 0. The van der Waals surface area contributed by atoms with E-state index in [4.69, 9.17) is 4.52 Å². The van der Waals surface area contributed by atoms with Gasteiger partial charge in [0.05, 0.1) is 0 Å². The fourth-order valence-corrected chi connectivity index (χ4v) is 4.18. The second kappa shape index (κ2) is 6.68. The molecule has 0 aliphatic carbocycles. The molecule has 0 N–H and O–H groups in total. The summed E-state index contributed by atoms with van der Waals surface area (Å²) in [5.74, 6) is 0.449. The first-order chi connectivity index (χ1) is 8.23. The van der Waals surface area contributed by atoms with Gasteiger partial charge in [-0.25, -0.2) is 0 Å². The molecule has 0 aromatic rings. The third-order valence-electron chi connectivity index (χ3n) is 2.89. The second-order valence-corrected chi connectivity index (χ2v) is 11.0. The molecule has 0 amide bonds. The molecular weight excluding hydrogens is 255 g/mol. The van der Waals surface area contributed by atoms with Gasteiger partial charge in [0.25, 0.3) is 0 Å². The highest BCUT2D eigenvalue weighted by Crippen LogP contribution is 2.47. The van der Waals surface area contributed by atoms with E-state index in [9.17, 15) is 4.57 Å². The largest absolute Gasteiger partial charge is 0.513 e. The van der Waals surface area contributed by atoms with Gasteiger partial charge in [-0.2, -0.15) is 0 Å². The van der Waals surface area contributed by atoms with Crippen molar-refractivity contribution in [2.75, 3.05) is 6.61 Å². The van der Waals surface area contributed by atoms with Crippen LogP contribution in [0.25, 0.3) is 0 Å². The van der Waals surface area contributed by atoms with Crippen molar-refractivity contribution in [3.63, 3.8) is 0 Å². The maximum atomic E-state index is 12.3. The summed E-state index contributed by atoms with van der Waals surface area (Å²) in [7, 11) is -1.61. The van der Waals surface area contributed by atoms with Crippen molar-refractivity contribution in [1.82, 2.24) is 0 Å². The third kappa shape index (κ3) is 9.57. The summed E-state index contributed by atoms with van der Waals surface area (Å²) in [6.45, 7) is 20.1. The first-order valence-corrected chi connectivity index (χ1v) is 8.51. The van der Waals surface area contributed by atoms with E-state index in [0.29, 0.717) is 17.9 Å². The minimum absolute atomic E-state index is 0.175. The topological polar surface area (TPSA) is 26.3 Å². The van der Waals surface area contributed by atoms with Crippen LogP contribution in [0.3, 0.4) is 0 Å². The lowest BCUT2D eigenvalue weighted by Gasteiger charge is -2.24. The third-order valence-corrected chi connectivity index (χ3v) is 4.42. The van der Waals surface area contributed by atoms with Gasteiger partial charge in [-0.1, -0.05) is 48.5 Å². The molecule has 0 aromatic carbocycles. The average molecular weight is 289 g/mol. The van der Waals surface area contributed by atoms with E-state index in [-0.39, 0.29) is 10.6 Å². The van der Waals surface area contributed by atoms with Crippen LogP contribution < -0.4 is 0 Å². The van der Waals surface area contributed by atoms with E-state index < -0.39 is 8.03 Å². The van der Waals surface area contributed by atoms with Crippen LogP contribution >= 0.6 is 8.03 Å². The SMILES string of the molecule is CC(CO[P+](=O)C(C)(C)CC(C)(C)C)CC(C)(C)C. The van der Waals surface area contributed by atoms with Gasteiger partial charge in [0.15, 0.2) is 5.16 Å². The van der Waals surface area contributed by atoms with Crippen LogP contribution in [0.15, 0.2) is 0 Å². The molecule has 2 unspecified atom stereocenters. The van der Waals surface area contributed by atoms with E-state index in [2.05, 4.69) is 48.5 Å². The van der Waals surface area contributed by atoms with Crippen LogP contribution in [0.4, 0.5) is 0 Å². The van der Waals surface area contributed by atoms with Gasteiger partial charge in [0.1, 0.15) is 6.61 Å². The fourth-order valence-electron chi connectivity index (χ4n) is 2.84. The van der Waals surface area contributed by atoms with Crippen LogP contribution in [0, 0.1) is 16.7 Å². The molecule has 0 rings (SSSR count). The maximum Gasteiger partial charge on any atom is 0.513 e. The summed E-state index contributed by atoms with van der Waals surface area (Å²) in [5.41, 5.74) is 0.476. The molecule has 0 aromatic heterocycles. The van der Waals surface area contributed by atoms with Gasteiger partial charge < -0.3 is 0 Å². The van der Waals surface area contributed by atoms with Crippen molar-refractivity contribution in [2.45, 2.75) is 80.3 Å². The number of hydrogen-bond donors (Lipinski definition) is 0. The van der Waals surface area contributed by atoms with Gasteiger partial charge in [0, 0.05) is 6.42 Å². The molecular formula is C16H34O2P+. The lowest BCUT2D eigenvalue weighted by Crippen LogP contribution is -2.24. The molecule has 0 bridgehead atoms. The minimum Gasteiger partial charge on any atom is -0.146 e. The van der Waals surface area contributed by atoms with Crippen molar-refractivity contribution in [2.24, 2.45) is 16.7 Å². The molecule has 2 atom stereocenters. The van der Waals surface area contributed by atoms with E-state index in [1.807, 2.05) is 13.8 Å². The molecule has 0 aliphatic rings. The van der Waals surface area contributed by atoms with Gasteiger partial charge in [-0.15, -0.1) is 4.52 Å². The highest BCUT2D eigenvalue weighted by molar-refractivity contribution is 7.41. The first-order valence-electron chi connectivity index (χ1n) is 7.33. The summed E-state index contributed by atoms with van der Waals surface area (Å²) < 4.78 is 18.0. The summed E-state index contributed by atoms with van der Waals surface area (Å²) in [5, 5.41) is -0.255. The van der Waals surface area contributed by atoms with Crippen molar-refractivity contribution in [3.8, 4) is 0 Å². The molecule has 0 radical (unpaired) electrons. The Kier molecular flexibility index (Phi) is 6.70. The Morgan fingerprint density at radius 3 is 1.79 bits per heavy atom. The second-order valence-electron chi connectivity index (χ2n) is 8.97. The number of hydrogen-bond acceptors (Lipinski definition) is 2. The van der Waals surface area contributed by atoms with Gasteiger partial charge in [-0.3, -0.25) is 0 Å². The Morgan fingerprint density at radius 1 is 0.947 bits per heavy atom. The zero-order valence-electron chi connectivity index (χ0n) is 14.5. The zero-order valence-corrected chi connectivity index (χ0v) is 15.4. The molecule has 0 fully saturated rings. The molecule has 0 saturated carbocycles. The zero-order chi connectivity index (χ0) is 15.5. The average Bonchev–Trinajstić information content (AvgIpc) is 2.06. The Labute approximate surface area is 121 Å². The minimum atomic E-state index is -1.61. The Balaban J connectivity index is 4.31. The summed E-state index contributed by atoms with van der Waals surface area (Å²) in [6.07, 6.45) is 2.00. The summed E-state index contributed by atoms with van der Waals surface area (Å²) >= 11 is 0. The molecule has 0 spiro atoms. The molecule has 0 aliphatic heterocycles. The predicted molar refractivity (Wildman–Crippen MR) is 84.9 cm³/mol. The quantitative estimate of drug-likeness (QED) is 0.558. The van der Waals surface area contributed by atoms with E-state index in [1.165, 1.54) is 0 Å². The maximum absolute atomic E-state index is 12.3. The molecule has 3 heteroatoms. The Bertz CT molecular complexity index is 295. The van der Waals surface area contributed by atoms with Crippen LogP contribution in [0.1, 0.15) is 75.2 Å². The lowest BCUT2D eigenvalue weighted by molar-refractivity contribution is 0.205. The van der Waals surface area contributed by atoms with Gasteiger partial charge in [0.2, 0.25) is 0 Å². The molecule has 0 heterocycles. The van der Waals surface area contributed by atoms with E-state index >= 15 is 0 Å². The highest BCUT2D eigenvalue weighted by atomic mass is 31.1. The normalized spacial score (nSPS) is 16.4. The Morgan fingerprint density at radius 2 is 1.42 bits per heavy atom. The van der Waals surface area contributed by atoms with Crippen LogP contribution in [0.5, 0.6) is 0 Å². The van der Waals surface area contributed by atoms with Gasteiger partial charge in [-0.05, 0) is 41.6 Å². The van der Waals surface area contributed by atoms with Crippen LogP contribution in [0.2, 0.25) is 0 Å². The Hall–Kier alpha value is 0.0600. The van der Waals surface area contributed by atoms with Crippen molar-refractivity contribution >= 4 is 8.03 Å². The highest BCUT2D eigenvalue weighted by Gasteiger charge is 2.45. The first kappa shape index (κ1) is 19.1. The standard InChI is InChI=1S/C16H34O2P/c1-13(10-14(2,3)4)11-18-19(17)16(8,9)12-15(5,6)7/h13H,10-12H2,1-9H3/q+1. The van der Waals surface area contributed by atoms with Gasteiger partial charge >= 0.3 is 8.03 Å². The summed E-state index contributed by atoms with van der Waals surface area (Å²) in [6, 6.07) is 0. The molecule has 0 saturated heterocycles. The van der Waals surface area contributed by atoms with Crippen molar-refractivity contribution < 1.29 is 9.09 Å². The molecule has 19 heavy (non-hydrogen) atoms. The smallest absolute Gasteiger partial charge is 0.146 e. The van der Waals surface area contributed by atoms with Crippen LogP contribution in [-0.2, 0) is 9.09 Å². The number of rotatable bonds is 6. The predicted octanol–water partition coefficient (Wildman–Crippen LogP) is 6.03. The van der Waals surface area contributed by atoms with Crippen molar-refractivity contribution in [1.29, 1.82) is 0 Å². The van der Waals surface area contributed by atoms with Crippen molar-refractivity contribution in [3.05, 3.63) is 0 Å². The molecule has 2 nitrogen and oxygen atoms in total. The van der Waals surface area contributed by atoms with E-state index in [1.54, 1.807) is 0 Å². The fraction of sp³-hybridized carbons (Fsp3) is 1.00. The molecule has 114 valence electrons. The van der Waals surface area contributed by atoms with E-state index in [0.717, 1.165) is 12.8 Å².